The number of rotatable bonds is 10. The fourth-order valence-corrected chi connectivity index (χ4v) is 6.80. The number of piperidine rings is 1. The largest absolute Gasteiger partial charge is 0.465 e. The number of hydrogen-bond donors (Lipinski definition) is 4. The van der Waals surface area contributed by atoms with Gasteiger partial charge >= 0.3 is 6.09 Å². The molecular weight excluding hydrogens is 528 g/mol. The van der Waals surface area contributed by atoms with E-state index in [1.807, 2.05) is 30.1 Å². The highest BCUT2D eigenvalue weighted by atomic mass is 35.5. The Balaban J connectivity index is 1.69. The number of amides is 2. The molecule has 1 aliphatic heterocycles. The molecule has 0 spiro atoms. The molecule has 2 amide bonds. The molecular formula is C31H43ClN4O4. The first-order valence-corrected chi connectivity index (χ1v) is 14.9. The summed E-state index contributed by atoms with van der Waals surface area (Å²) in [7, 11) is 1.95. The Hall–Kier alpha value is -2.68. The number of carbonyl (C=O) groups excluding carboxylic acids is 1. The Morgan fingerprint density at radius 2 is 2.02 bits per heavy atom. The van der Waals surface area contributed by atoms with Crippen molar-refractivity contribution >= 4 is 23.6 Å². The quantitative estimate of drug-likeness (QED) is 0.225. The van der Waals surface area contributed by atoms with Gasteiger partial charge in [0.15, 0.2) is 0 Å². The first-order valence-electron chi connectivity index (χ1n) is 14.5. The van der Waals surface area contributed by atoms with E-state index >= 15 is 0 Å². The van der Waals surface area contributed by atoms with Crippen molar-refractivity contribution in [2.75, 3.05) is 26.7 Å². The second-order valence-corrected chi connectivity index (χ2v) is 12.0. The van der Waals surface area contributed by atoms with Crippen molar-refractivity contribution in [1.29, 1.82) is 0 Å². The molecule has 2 aliphatic rings. The van der Waals surface area contributed by atoms with Gasteiger partial charge in [0.25, 0.3) is 0 Å². The molecule has 4 rings (SSSR count). The molecule has 1 aliphatic carbocycles. The highest BCUT2D eigenvalue weighted by molar-refractivity contribution is 6.32. The first-order chi connectivity index (χ1) is 19.1. The maximum atomic E-state index is 13.6. The molecule has 2 heterocycles. The summed E-state index contributed by atoms with van der Waals surface area (Å²) in [5.74, 6) is 0.265. The van der Waals surface area contributed by atoms with E-state index in [2.05, 4.69) is 41.6 Å². The lowest BCUT2D eigenvalue weighted by atomic mass is 9.72. The zero-order valence-corrected chi connectivity index (χ0v) is 24.6. The minimum absolute atomic E-state index is 0.00811. The van der Waals surface area contributed by atoms with Crippen molar-refractivity contribution in [2.45, 2.75) is 76.4 Å². The Labute approximate surface area is 242 Å². The number of aliphatic hydroxyl groups is 1. The number of carboxylic acid groups (broad SMARTS) is 1. The topological polar surface area (TPSA) is 115 Å². The maximum Gasteiger partial charge on any atom is 0.404 e. The van der Waals surface area contributed by atoms with Crippen molar-refractivity contribution in [2.24, 2.45) is 11.8 Å². The Bertz CT molecular complexity index is 1190. The van der Waals surface area contributed by atoms with E-state index in [-0.39, 0.29) is 24.3 Å². The lowest BCUT2D eigenvalue weighted by Gasteiger charge is -2.44. The van der Waals surface area contributed by atoms with Crippen molar-refractivity contribution in [3.63, 3.8) is 0 Å². The van der Waals surface area contributed by atoms with Crippen LogP contribution in [0.1, 0.15) is 75.8 Å². The van der Waals surface area contributed by atoms with Crippen LogP contribution in [0.15, 0.2) is 36.5 Å². The summed E-state index contributed by atoms with van der Waals surface area (Å²) in [6, 6.07) is 10.4. The molecule has 2 aromatic rings. The third-order valence-corrected chi connectivity index (χ3v) is 9.11. The van der Waals surface area contributed by atoms with E-state index in [0.29, 0.717) is 54.2 Å². The van der Waals surface area contributed by atoms with Gasteiger partial charge in [0.1, 0.15) is 5.15 Å². The summed E-state index contributed by atoms with van der Waals surface area (Å²) in [5.41, 5.74) is 2.08. The Kier molecular flexibility index (Phi) is 10.1. The van der Waals surface area contributed by atoms with Crippen LogP contribution in [0.2, 0.25) is 5.15 Å². The van der Waals surface area contributed by atoms with Crippen molar-refractivity contribution in [1.82, 2.24) is 20.5 Å². The molecule has 1 saturated heterocycles. The lowest BCUT2D eigenvalue weighted by molar-refractivity contribution is -0.140. The zero-order valence-electron chi connectivity index (χ0n) is 23.8. The van der Waals surface area contributed by atoms with Crippen molar-refractivity contribution in [3.05, 3.63) is 52.8 Å². The number of hydrogen-bond acceptors (Lipinski definition) is 5. The zero-order chi connectivity index (χ0) is 28.9. The van der Waals surface area contributed by atoms with Gasteiger partial charge in [-0.05, 0) is 80.7 Å². The summed E-state index contributed by atoms with van der Waals surface area (Å²) in [5, 5.41) is 27.8. The van der Waals surface area contributed by atoms with Gasteiger partial charge in [-0.15, -0.1) is 0 Å². The van der Waals surface area contributed by atoms with Crippen LogP contribution in [0, 0.1) is 11.8 Å². The molecule has 4 N–H and O–H groups in total. The fourth-order valence-electron chi connectivity index (χ4n) is 6.53. The van der Waals surface area contributed by atoms with E-state index in [1.54, 1.807) is 6.20 Å². The molecule has 2 fully saturated rings. The Morgan fingerprint density at radius 1 is 1.23 bits per heavy atom. The van der Waals surface area contributed by atoms with E-state index < -0.39 is 11.7 Å². The van der Waals surface area contributed by atoms with Gasteiger partial charge < -0.3 is 25.7 Å². The molecule has 0 bridgehead atoms. The minimum atomic E-state index is -1.34. The average molecular weight is 571 g/mol. The summed E-state index contributed by atoms with van der Waals surface area (Å²) in [6.45, 7) is 5.62. The molecule has 40 heavy (non-hydrogen) atoms. The normalized spacial score (nSPS) is 22.8. The summed E-state index contributed by atoms with van der Waals surface area (Å²) in [6.07, 6.45) is 5.56. The molecule has 8 nitrogen and oxygen atoms in total. The third kappa shape index (κ3) is 6.78. The standard InChI is InChI=1S/C31H43ClN4O4/c1-20(2)21-7-4-8-22(17-21)27-26(12-15-34-28(27)32)31(40,13-6-14-35-30(38)39)24-9-5-16-36(19-24)29(37)23-10-11-25(18-23)33-3/h4,7-8,12,15,17,20,23-25,33,35,40H,5-6,9-11,13-14,16,18-19H2,1-3H3,(H,38,39)/t23-,24-,25+,31+/m1/s1. The molecule has 1 aromatic heterocycles. The smallest absolute Gasteiger partial charge is 0.404 e. The van der Waals surface area contributed by atoms with Gasteiger partial charge in [-0.2, -0.15) is 0 Å². The number of carbonyl (C=O) groups is 2. The van der Waals surface area contributed by atoms with Crippen LogP contribution in [-0.2, 0) is 10.4 Å². The average Bonchev–Trinajstić information content (AvgIpc) is 3.44. The molecule has 218 valence electrons. The molecule has 1 aromatic carbocycles. The fraction of sp³-hybridized carbons (Fsp3) is 0.581. The SMILES string of the molecule is CN[C@H]1CC[C@@H](C(=O)N2CCC[C@@H]([C@@](O)(CCCNC(=O)O)c3ccnc(Cl)c3-c3cccc(C(C)C)c3)C2)C1. The van der Waals surface area contributed by atoms with Gasteiger partial charge in [-0.1, -0.05) is 49.7 Å². The minimum Gasteiger partial charge on any atom is -0.465 e. The van der Waals surface area contributed by atoms with Crippen LogP contribution in [-0.4, -0.2) is 64.8 Å². The number of nitrogens with one attached hydrogen (secondary N) is 2. The van der Waals surface area contributed by atoms with Crippen LogP contribution >= 0.6 is 11.6 Å². The van der Waals surface area contributed by atoms with Crippen LogP contribution in [0.4, 0.5) is 4.79 Å². The predicted molar refractivity (Wildman–Crippen MR) is 157 cm³/mol. The van der Waals surface area contributed by atoms with Gasteiger partial charge in [-0.25, -0.2) is 9.78 Å². The third-order valence-electron chi connectivity index (χ3n) is 8.82. The summed E-state index contributed by atoms with van der Waals surface area (Å²) in [4.78, 5) is 31.0. The molecule has 9 heteroatoms. The highest BCUT2D eigenvalue weighted by Crippen LogP contribution is 2.45. The predicted octanol–water partition coefficient (Wildman–Crippen LogP) is 5.39. The number of benzene rings is 1. The van der Waals surface area contributed by atoms with Gasteiger partial charge in [0, 0.05) is 49.3 Å². The maximum absolute atomic E-state index is 13.6. The van der Waals surface area contributed by atoms with Gasteiger partial charge in [-0.3, -0.25) is 4.79 Å². The highest BCUT2D eigenvalue weighted by Gasteiger charge is 2.44. The van der Waals surface area contributed by atoms with E-state index in [9.17, 15) is 14.7 Å². The van der Waals surface area contributed by atoms with Crippen molar-refractivity contribution in [3.8, 4) is 11.1 Å². The van der Waals surface area contributed by atoms with E-state index in [0.717, 1.165) is 43.2 Å². The number of nitrogens with zero attached hydrogens (tertiary/aromatic N) is 2. The van der Waals surface area contributed by atoms with Crippen molar-refractivity contribution < 1.29 is 19.8 Å². The second-order valence-electron chi connectivity index (χ2n) is 11.7. The van der Waals surface area contributed by atoms with Crippen LogP contribution in [0.25, 0.3) is 11.1 Å². The first kappa shape index (κ1) is 30.3. The monoisotopic (exact) mass is 570 g/mol. The molecule has 0 radical (unpaired) electrons. The number of pyridine rings is 1. The van der Waals surface area contributed by atoms with Gasteiger partial charge in [0.05, 0.1) is 5.60 Å². The number of halogens is 1. The van der Waals surface area contributed by atoms with Crippen LogP contribution in [0.5, 0.6) is 0 Å². The van der Waals surface area contributed by atoms with Crippen LogP contribution < -0.4 is 10.6 Å². The molecule has 4 atom stereocenters. The summed E-state index contributed by atoms with van der Waals surface area (Å²) < 4.78 is 0. The second kappa shape index (κ2) is 13.3. The Morgan fingerprint density at radius 3 is 2.73 bits per heavy atom. The number of likely N-dealkylation sites (tertiary alicyclic amines) is 1. The lowest BCUT2D eigenvalue weighted by Crippen LogP contribution is -2.49. The van der Waals surface area contributed by atoms with Gasteiger partial charge in [0.2, 0.25) is 5.91 Å². The molecule has 1 saturated carbocycles. The summed E-state index contributed by atoms with van der Waals surface area (Å²) >= 11 is 6.75. The van der Waals surface area contributed by atoms with E-state index in [4.69, 9.17) is 16.7 Å². The molecule has 0 unspecified atom stereocenters. The number of aromatic nitrogens is 1. The van der Waals surface area contributed by atoms with E-state index in [1.165, 1.54) is 0 Å². The van der Waals surface area contributed by atoms with Crippen LogP contribution in [0.3, 0.4) is 0 Å².